The molecule has 21 heavy (non-hydrogen) atoms. The predicted molar refractivity (Wildman–Crippen MR) is 87.3 cm³/mol. The molecular weight excluding hydrogens is 280 g/mol. The molecule has 102 valence electrons. The number of benzene rings is 1. The Labute approximate surface area is 125 Å². The molecule has 0 unspecified atom stereocenters. The number of nitrogens with two attached hydrogens (primary N) is 1. The van der Waals surface area contributed by atoms with E-state index < -0.39 is 0 Å². The van der Waals surface area contributed by atoms with Crippen molar-refractivity contribution in [3.63, 3.8) is 0 Å². The summed E-state index contributed by atoms with van der Waals surface area (Å²) in [7, 11) is 0. The lowest BCUT2D eigenvalue weighted by Gasteiger charge is -2.04. The van der Waals surface area contributed by atoms with Crippen molar-refractivity contribution < 1.29 is 0 Å². The van der Waals surface area contributed by atoms with E-state index in [9.17, 15) is 0 Å². The highest BCUT2D eigenvalue weighted by Crippen LogP contribution is 2.30. The van der Waals surface area contributed by atoms with Gasteiger partial charge in [0.15, 0.2) is 5.82 Å². The second-order valence-electron chi connectivity index (χ2n) is 4.92. The fraction of sp³-hybridized carbons (Fsp3) is 0.0625. The SMILES string of the molecule is Cc1cc2c(N)nc(-c3ccc4ncccc4c3)nc2s1. The van der Waals surface area contributed by atoms with E-state index in [1.165, 1.54) is 4.88 Å². The molecule has 5 heteroatoms. The molecule has 0 radical (unpaired) electrons. The second-order valence-corrected chi connectivity index (χ2v) is 6.15. The van der Waals surface area contributed by atoms with E-state index >= 15 is 0 Å². The number of nitrogen functional groups attached to an aromatic ring is 1. The largest absolute Gasteiger partial charge is 0.383 e. The number of pyridine rings is 1. The maximum absolute atomic E-state index is 6.06. The Kier molecular flexibility index (Phi) is 2.62. The third-order valence-corrected chi connectivity index (χ3v) is 4.35. The molecule has 0 saturated heterocycles. The molecule has 0 fully saturated rings. The Hall–Kier alpha value is -2.53. The van der Waals surface area contributed by atoms with E-state index in [-0.39, 0.29) is 0 Å². The van der Waals surface area contributed by atoms with Crippen LogP contribution in [-0.2, 0) is 0 Å². The minimum atomic E-state index is 0.533. The highest BCUT2D eigenvalue weighted by atomic mass is 32.1. The number of thiophene rings is 1. The van der Waals surface area contributed by atoms with E-state index in [0.717, 1.165) is 26.7 Å². The lowest BCUT2D eigenvalue weighted by atomic mass is 10.1. The zero-order chi connectivity index (χ0) is 14.4. The summed E-state index contributed by atoms with van der Waals surface area (Å²) >= 11 is 1.64. The molecule has 3 aromatic heterocycles. The fourth-order valence-corrected chi connectivity index (χ4v) is 3.30. The Morgan fingerprint density at radius 2 is 2.00 bits per heavy atom. The van der Waals surface area contributed by atoms with Crippen LogP contribution in [0.1, 0.15) is 4.88 Å². The van der Waals surface area contributed by atoms with Gasteiger partial charge in [-0.25, -0.2) is 9.97 Å². The minimum Gasteiger partial charge on any atom is -0.383 e. The summed E-state index contributed by atoms with van der Waals surface area (Å²) in [5.41, 5.74) is 7.98. The van der Waals surface area contributed by atoms with Gasteiger partial charge in [-0.15, -0.1) is 11.3 Å². The van der Waals surface area contributed by atoms with Gasteiger partial charge < -0.3 is 5.73 Å². The zero-order valence-electron chi connectivity index (χ0n) is 11.4. The number of aromatic nitrogens is 3. The van der Waals surface area contributed by atoms with Gasteiger partial charge in [0.25, 0.3) is 0 Å². The van der Waals surface area contributed by atoms with Crippen molar-refractivity contribution in [2.75, 3.05) is 5.73 Å². The summed E-state index contributed by atoms with van der Waals surface area (Å²) in [6.45, 7) is 2.05. The number of anilines is 1. The maximum Gasteiger partial charge on any atom is 0.163 e. The molecule has 4 nitrogen and oxygen atoms in total. The van der Waals surface area contributed by atoms with E-state index in [1.807, 2.05) is 43.3 Å². The quantitative estimate of drug-likeness (QED) is 0.579. The number of fused-ring (bicyclic) bond motifs is 2. The monoisotopic (exact) mass is 292 g/mol. The topological polar surface area (TPSA) is 64.7 Å². The van der Waals surface area contributed by atoms with Crippen LogP contribution in [0, 0.1) is 6.92 Å². The number of hydrogen-bond acceptors (Lipinski definition) is 5. The normalized spacial score (nSPS) is 11.3. The van der Waals surface area contributed by atoms with Crippen LogP contribution in [0.25, 0.3) is 32.5 Å². The van der Waals surface area contributed by atoms with Gasteiger partial charge in [-0.1, -0.05) is 6.07 Å². The number of nitrogens with zero attached hydrogens (tertiary/aromatic N) is 3. The van der Waals surface area contributed by atoms with E-state index in [2.05, 4.69) is 15.0 Å². The van der Waals surface area contributed by atoms with Gasteiger partial charge in [-0.3, -0.25) is 4.98 Å². The Balaban J connectivity index is 1.94. The van der Waals surface area contributed by atoms with Gasteiger partial charge >= 0.3 is 0 Å². The lowest BCUT2D eigenvalue weighted by molar-refractivity contribution is 1.25. The molecule has 4 aromatic rings. The van der Waals surface area contributed by atoms with Gasteiger partial charge in [-0.05, 0) is 37.3 Å². The Bertz CT molecular complexity index is 975. The molecule has 0 spiro atoms. The van der Waals surface area contributed by atoms with Crippen molar-refractivity contribution in [2.45, 2.75) is 6.92 Å². The van der Waals surface area contributed by atoms with Crippen molar-refractivity contribution >= 4 is 38.3 Å². The van der Waals surface area contributed by atoms with E-state index in [4.69, 9.17) is 5.73 Å². The summed E-state index contributed by atoms with van der Waals surface area (Å²) in [5, 5.41) is 2.00. The van der Waals surface area contributed by atoms with Gasteiger partial charge in [0.2, 0.25) is 0 Å². The zero-order valence-corrected chi connectivity index (χ0v) is 12.2. The van der Waals surface area contributed by atoms with Crippen LogP contribution >= 0.6 is 11.3 Å². The molecule has 0 aliphatic rings. The third-order valence-electron chi connectivity index (χ3n) is 3.41. The number of aryl methyl sites for hydroxylation is 1. The maximum atomic E-state index is 6.06. The average Bonchev–Trinajstić information content (AvgIpc) is 2.88. The van der Waals surface area contributed by atoms with Crippen LogP contribution < -0.4 is 5.73 Å². The summed E-state index contributed by atoms with van der Waals surface area (Å²) in [6, 6.07) is 12.0. The minimum absolute atomic E-state index is 0.533. The molecule has 0 amide bonds. The number of hydrogen-bond donors (Lipinski definition) is 1. The van der Waals surface area contributed by atoms with Gasteiger partial charge in [0.1, 0.15) is 10.6 Å². The van der Waals surface area contributed by atoms with E-state index in [1.54, 1.807) is 17.5 Å². The molecule has 0 atom stereocenters. The van der Waals surface area contributed by atoms with Gasteiger partial charge in [-0.2, -0.15) is 0 Å². The third kappa shape index (κ3) is 2.02. The molecule has 3 heterocycles. The molecular formula is C16H12N4S. The van der Waals surface area contributed by atoms with Crippen molar-refractivity contribution in [1.29, 1.82) is 0 Å². The Morgan fingerprint density at radius 1 is 1.10 bits per heavy atom. The molecule has 4 rings (SSSR count). The van der Waals surface area contributed by atoms with Crippen molar-refractivity contribution in [2.24, 2.45) is 0 Å². The van der Waals surface area contributed by atoms with Crippen LogP contribution in [0.3, 0.4) is 0 Å². The van der Waals surface area contributed by atoms with Crippen LogP contribution in [0.15, 0.2) is 42.6 Å². The molecule has 0 bridgehead atoms. The van der Waals surface area contributed by atoms with Crippen molar-refractivity contribution in [3.8, 4) is 11.4 Å². The highest BCUT2D eigenvalue weighted by molar-refractivity contribution is 7.18. The van der Waals surface area contributed by atoms with Crippen LogP contribution in [0.2, 0.25) is 0 Å². The smallest absolute Gasteiger partial charge is 0.163 e. The summed E-state index contributed by atoms with van der Waals surface area (Å²) in [4.78, 5) is 15.5. The molecule has 0 aliphatic heterocycles. The first-order valence-electron chi connectivity index (χ1n) is 6.59. The second kappa shape index (κ2) is 4.49. The Morgan fingerprint density at radius 3 is 2.90 bits per heavy atom. The van der Waals surface area contributed by atoms with Crippen LogP contribution in [0.5, 0.6) is 0 Å². The van der Waals surface area contributed by atoms with Crippen LogP contribution in [-0.4, -0.2) is 15.0 Å². The number of rotatable bonds is 1. The van der Waals surface area contributed by atoms with E-state index in [0.29, 0.717) is 11.6 Å². The first kappa shape index (κ1) is 12.2. The van der Waals surface area contributed by atoms with Crippen molar-refractivity contribution in [3.05, 3.63) is 47.5 Å². The summed E-state index contributed by atoms with van der Waals surface area (Å²) in [6.07, 6.45) is 1.79. The van der Waals surface area contributed by atoms with Crippen molar-refractivity contribution in [1.82, 2.24) is 15.0 Å². The summed E-state index contributed by atoms with van der Waals surface area (Å²) in [5.74, 6) is 1.19. The standard InChI is InChI=1S/C16H12N4S/c1-9-7-12-14(17)19-15(20-16(12)21-9)11-4-5-13-10(8-11)3-2-6-18-13/h2-8H,1H3,(H2,17,19,20). The summed E-state index contributed by atoms with van der Waals surface area (Å²) < 4.78 is 0. The predicted octanol–water partition coefficient (Wildman–Crippen LogP) is 3.80. The first-order chi connectivity index (χ1) is 10.2. The molecule has 0 saturated carbocycles. The average molecular weight is 292 g/mol. The molecule has 2 N–H and O–H groups in total. The lowest BCUT2D eigenvalue weighted by Crippen LogP contribution is -1.96. The first-order valence-corrected chi connectivity index (χ1v) is 7.41. The fourth-order valence-electron chi connectivity index (χ4n) is 2.41. The van der Waals surface area contributed by atoms with Gasteiger partial charge in [0, 0.05) is 22.0 Å². The molecule has 1 aromatic carbocycles. The molecule has 0 aliphatic carbocycles. The van der Waals surface area contributed by atoms with Crippen LogP contribution in [0.4, 0.5) is 5.82 Å². The van der Waals surface area contributed by atoms with Gasteiger partial charge in [0.05, 0.1) is 10.9 Å². The highest BCUT2D eigenvalue weighted by Gasteiger charge is 2.10.